The minimum Gasteiger partial charge on any atom is -0.362 e. The lowest BCUT2D eigenvalue weighted by Gasteiger charge is -2.11. The monoisotopic (exact) mass is 387 g/mol. The van der Waals surface area contributed by atoms with Gasteiger partial charge in [0.15, 0.2) is 5.11 Å². The molecule has 0 aliphatic carbocycles. The first-order valence-corrected chi connectivity index (χ1v) is 9.46. The Morgan fingerprint density at radius 1 is 1.38 bits per heavy atom. The van der Waals surface area contributed by atoms with E-state index in [1.165, 1.54) is 12.1 Å². The molecule has 0 fully saturated rings. The van der Waals surface area contributed by atoms with E-state index in [1.54, 1.807) is 23.0 Å². The average molecular weight is 388 g/mol. The number of benzene rings is 1. The largest absolute Gasteiger partial charge is 0.362 e. The quantitative estimate of drug-likeness (QED) is 0.516. The molecular weight excluding hydrogens is 370 g/mol. The van der Waals surface area contributed by atoms with Gasteiger partial charge in [0.25, 0.3) is 0 Å². The molecule has 0 saturated carbocycles. The smallest absolute Gasteiger partial charge is 0.238 e. The molecule has 7 nitrogen and oxygen atoms in total. The van der Waals surface area contributed by atoms with Crippen molar-refractivity contribution in [2.45, 2.75) is 24.8 Å². The van der Waals surface area contributed by atoms with Crippen molar-refractivity contribution in [2.75, 3.05) is 11.9 Å². The van der Waals surface area contributed by atoms with E-state index < -0.39 is 10.0 Å². The fraction of sp³-hybridized carbons (Fsp3) is 0.286. The number of aryl methyl sites for hydroxylation is 2. The first-order chi connectivity index (χ1) is 11.3. The van der Waals surface area contributed by atoms with Gasteiger partial charge in [-0.3, -0.25) is 4.68 Å². The first-order valence-electron chi connectivity index (χ1n) is 7.13. The molecule has 130 valence electrons. The number of halogens is 1. The van der Waals surface area contributed by atoms with Crippen molar-refractivity contribution in [1.29, 1.82) is 0 Å². The fourth-order valence-corrected chi connectivity index (χ4v) is 2.84. The Hall–Kier alpha value is -1.68. The van der Waals surface area contributed by atoms with Gasteiger partial charge in [-0.15, -0.1) is 0 Å². The standard InChI is InChI=1S/C14H18ClN5O2S2/c1-10-13(15)9-20(19-10)8-2-7-17-14(23)18-11-3-5-12(6-4-11)24(16,21)22/h3-6,9H,2,7-8H2,1H3,(H2,16,21,22)(H2,17,18,23). The number of aromatic nitrogens is 2. The number of rotatable bonds is 6. The van der Waals surface area contributed by atoms with E-state index in [-0.39, 0.29) is 4.90 Å². The van der Waals surface area contributed by atoms with Crippen molar-refractivity contribution in [2.24, 2.45) is 5.14 Å². The van der Waals surface area contributed by atoms with Crippen LogP contribution in [0.3, 0.4) is 0 Å². The summed E-state index contributed by atoms with van der Waals surface area (Å²) in [6.07, 6.45) is 2.62. The maximum Gasteiger partial charge on any atom is 0.238 e. The number of nitrogens with two attached hydrogens (primary N) is 1. The molecule has 1 aromatic carbocycles. The van der Waals surface area contributed by atoms with E-state index in [0.717, 1.165) is 18.7 Å². The van der Waals surface area contributed by atoms with Crippen molar-refractivity contribution in [3.05, 3.63) is 41.2 Å². The zero-order chi connectivity index (χ0) is 17.7. The lowest BCUT2D eigenvalue weighted by Crippen LogP contribution is -2.29. The first kappa shape index (κ1) is 18.7. The molecule has 1 heterocycles. The van der Waals surface area contributed by atoms with Crippen LogP contribution in [-0.2, 0) is 16.6 Å². The van der Waals surface area contributed by atoms with Crippen LogP contribution in [0.4, 0.5) is 5.69 Å². The number of anilines is 1. The van der Waals surface area contributed by atoms with Crippen molar-refractivity contribution >= 4 is 44.6 Å². The molecule has 0 amide bonds. The minimum absolute atomic E-state index is 0.0557. The summed E-state index contributed by atoms with van der Waals surface area (Å²) in [7, 11) is -3.69. The normalized spacial score (nSPS) is 11.3. The molecule has 4 N–H and O–H groups in total. The number of nitrogens with one attached hydrogen (secondary N) is 2. The third-order valence-corrected chi connectivity index (χ3v) is 4.72. The summed E-state index contributed by atoms with van der Waals surface area (Å²) in [5.74, 6) is 0. The van der Waals surface area contributed by atoms with E-state index in [9.17, 15) is 8.42 Å². The summed E-state index contributed by atoms with van der Waals surface area (Å²) in [6, 6.07) is 6.04. The summed E-state index contributed by atoms with van der Waals surface area (Å²) < 4.78 is 24.2. The summed E-state index contributed by atoms with van der Waals surface area (Å²) in [6.45, 7) is 3.25. The molecule has 2 aromatic rings. The van der Waals surface area contributed by atoms with Gasteiger partial charge in [-0.2, -0.15) is 5.10 Å². The van der Waals surface area contributed by atoms with Gasteiger partial charge < -0.3 is 10.6 Å². The van der Waals surface area contributed by atoms with Gasteiger partial charge in [-0.05, 0) is 49.8 Å². The predicted octanol–water partition coefficient (Wildman–Crippen LogP) is 1.87. The highest BCUT2D eigenvalue weighted by Gasteiger charge is 2.07. The molecular formula is C14H18ClN5O2S2. The Bertz CT molecular complexity index is 799. The second-order valence-electron chi connectivity index (χ2n) is 5.13. The summed E-state index contributed by atoms with van der Waals surface area (Å²) in [5, 5.41) is 16.5. The number of nitrogens with zero attached hydrogens (tertiary/aromatic N) is 2. The maximum atomic E-state index is 11.2. The fourth-order valence-electron chi connectivity index (χ4n) is 1.95. The van der Waals surface area contributed by atoms with Crippen LogP contribution in [0.1, 0.15) is 12.1 Å². The lowest BCUT2D eigenvalue weighted by atomic mass is 10.3. The molecule has 0 atom stereocenters. The minimum atomic E-state index is -3.69. The third kappa shape index (κ3) is 5.45. The highest BCUT2D eigenvalue weighted by Crippen LogP contribution is 2.13. The molecule has 2 rings (SSSR count). The number of hydrogen-bond acceptors (Lipinski definition) is 4. The number of primary sulfonamides is 1. The van der Waals surface area contributed by atoms with Gasteiger partial charge >= 0.3 is 0 Å². The third-order valence-electron chi connectivity index (χ3n) is 3.18. The van der Waals surface area contributed by atoms with Gasteiger partial charge in [0.05, 0.1) is 15.6 Å². The number of hydrogen-bond donors (Lipinski definition) is 3. The van der Waals surface area contributed by atoms with Gasteiger partial charge in [0.2, 0.25) is 10.0 Å². The zero-order valence-electron chi connectivity index (χ0n) is 13.0. The molecule has 0 aliphatic rings. The van der Waals surface area contributed by atoms with E-state index in [2.05, 4.69) is 15.7 Å². The van der Waals surface area contributed by atoms with Crippen molar-refractivity contribution < 1.29 is 8.42 Å². The van der Waals surface area contributed by atoms with Crippen molar-refractivity contribution in [3.8, 4) is 0 Å². The molecule has 0 saturated heterocycles. The SMILES string of the molecule is Cc1nn(CCCNC(=S)Nc2ccc(S(N)(=O)=O)cc2)cc1Cl. The van der Waals surface area contributed by atoms with E-state index >= 15 is 0 Å². The van der Waals surface area contributed by atoms with Gasteiger partial charge in [0.1, 0.15) is 0 Å². The van der Waals surface area contributed by atoms with Crippen LogP contribution < -0.4 is 15.8 Å². The van der Waals surface area contributed by atoms with Crippen LogP contribution in [0.5, 0.6) is 0 Å². The number of sulfonamides is 1. The Kier molecular flexibility index (Phi) is 6.16. The van der Waals surface area contributed by atoms with E-state index in [1.807, 2.05) is 6.92 Å². The molecule has 0 bridgehead atoms. The Morgan fingerprint density at radius 3 is 2.58 bits per heavy atom. The summed E-state index contributed by atoms with van der Waals surface area (Å²) in [4.78, 5) is 0.0557. The molecule has 0 unspecified atom stereocenters. The van der Waals surface area contributed by atoms with Crippen LogP contribution in [-0.4, -0.2) is 29.9 Å². The van der Waals surface area contributed by atoms with Crippen molar-refractivity contribution in [1.82, 2.24) is 15.1 Å². The Balaban J connectivity index is 1.75. The summed E-state index contributed by atoms with van der Waals surface area (Å²) in [5.41, 5.74) is 1.49. The van der Waals surface area contributed by atoms with Crippen LogP contribution in [0.2, 0.25) is 5.02 Å². The van der Waals surface area contributed by atoms with Crippen molar-refractivity contribution in [3.63, 3.8) is 0 Å². The van der Waals surface area contributed by atoms with Gasteiger partial charge in [0, 0.05) is 25.0 Å². The summed E-state index contributed by atoms with van der Waals surface area (Å²) >= 11 is 11.1. The van der Waals surface area contributed by atoms with Gasteiger partial charge in [-0.1, -0.05) is 11.6 Å². The predicted molar refractivity (Wildman–Crippen MR) is 98.6 cm³/mol. The van der Waals surface area contributed by atoms with Gasteiger partial charge in [-0.25, -0.2) is 13.6 Å². The highest BCUT2D eigenvalue weighted by atomic mass is 35.5. The van der Waals surface area contributed by atoms with E-state index in [4.69, 9.17) is 29.0 Å². The van der Waals surface area contributed by atoms with Crippen LogP contribution in [0, 0.1) is 6.92 Å². The van der Waals surface area contributed by atoms with Crippen LogP contribution >= 0.6 is 23.8 Å². The number of thiocarbonyl (C=S) groups is 1. The lowest BCUT2D eigenvalue weighted by molar-refractivity contribution is 0.570. The van der Waals surface area contributed by atoms with Crippen LogP contribution in [0.15, 0.2) is 35.4 Å². The second-order valence-corrected chi connectivity index (χ2v) is 7.51. The average Bonchev–Trinajstić information content (AvgIpc) is 2.82. The molecule has 1 aromatic heterocycles. The van der Waals surface area contributed by atoms with E-state index in [0.29, 0.717) is 22.4 Å². The topological polar surface area (TPSA) is 102 Å². The maximum absolute atomic E-state index is 11.2. The molecule has 0 radical (unpaired) electrons. The molecule has 0 aliphatic heterocycles. The zero-order valence-corrected chi connectivity index (χ0v) is 15.4. The van der Waals surface area contributed by atoms with Crippen LogP contribution in [0.25, 0.3) is 0 Å². The Labute approximate surface area is 151 Å². The second kappa shape index (κ2) is 7.93. The molecule has 24 heavy (non-hydrogen) atoms. The molecule has 0 spiro atoms. The molecule has 10 heteroatoms. The Morgan fingerprint density at radius 2 is 2.04 bits per heavy atom. The highest BCUT2D eigenvalue weighted by molar-refractivity contribution is 7.89.